The van der Waals surface area contributed by atoms with Crippen LogP contribution in [0, 0.1) is 0 Å². The normalized spacial score (nSPS) is 11.0. The number of nitrogens with zero attached hydrogens (tertiary/aromatic N) is 4. The molecule has 9 heteroatoms. The van der Waals surface area contributed by atoms with Crippen molar-refractivity contribution in [3.05, 3.63) is 57.5 Å². The number of thiazole rings is 1. The van der Waals surface area contributed by atoms with Gasteiger partial charge in [-0.2, -0.15) is 0 Å². The van der Waals surface area contributed by atoms with Gasteiger partial charge in [0.05, 0.1) is 19.4 Å². The maximum absolute atomic E-state index is 5.60. The van der Waals surface area contributed by atoms with Gasteiger partial charge in [0, 0.05) is 35.0 Å². The Kier molecular flexibility index (Phi) is 6.71. The molecule has 0 aliphatic carbocycles. The second-order valence-corrected chi connectivity index (χ2v) is 9.28. The molecule has 0 radical (unpaired) electrons. The first-order valence-electron chi connectivity index (χ1n) is 9.47. The van der Waals surface area contributed by atoms with Crippen LogP contribution in [0.15, 0.2) is 46.2 Å². The summed E-state index contributed by atoms with van der Waals surface area (Å²) in [6, 6.07) is 10.1. The van der Waals surface area contributed by atoms with E-state index in [-0.39, 0.29) is 0 Å². The molecule has 0 aliphatic heterocycles. The Bertz CT molecular complexity index is 1110. The minimum atomic E-state index is 0.603. The van der Waals surface area contributed by atoms with Crippen LogP contribution in [0.2, 0.25) is 0 Å². The first kappa shape index (κ1) is 20.9. The Hall–Kier alpha value is -2.36. The molecule has 156 valence electrons. The molecule has 4 rings (SSSR count). The Morgan fingerprint density at radius 2 is 2.03 bits per heavy atom. The van der Waals surface area contributed by atoms with Crippen molar-refractivity contribution in [1.29, 1.82) is 0 Å². The highest BCUT2D eigenvalue weighted by Crippen LogP contribution is 2.34. The molecule has 0 unspecified atom stereocenters. The Morgan fingerprint density at radius 1 is 1.13 bits per heavy atom. The highest BCUT2D eigenvalue weighted by Gasteiger charge is 2.13. The summed E-state index contributed by atoms with van der Waals surface area (Å²) < 4.78 is 13.1. The summed E-state index contributed by atoms with van der Waals surface area (Å²) in [5.41, 5.74) is 2.05. The lowest BCUT2D eigenvalue weighted by atomic mass is 10.2. The fraction of sp³-hybridized carbons (Fsp3) is 0.286. The summed E-state index contributed by atoms with van der Waals surface area (Å²) in [6.45, 7) is 2.56. The standard InChI is InChI=1S/C21H22N4O2S3/c1-4-27-17-8-7-14(10-18(17)26-3)20-22-15(12-29-20)13-30-21-24-23-19(25(21)2)11-16-6-5-9-28-16/h5-10,12H,4,11,13H2,1-3H3. The molecule has 30 heavy (non-hydrogen) atoms. The van der Waals surface area contributed by atoms with Crippen LogP contribution in [-0.4, -0.2) is 33.5 Å². The van der Waals surface area contributed by atoms with Crippen LogP contribution in [0.5, 0.6) is 11.5 Å². The third-order valence-electron chi connectivity index (χ3n) is 4.45. The number of hydrogen-bond acceptors (Lipinski definition) is 8. The fourth-order valence-corrected chi connectivity index (χ4v) is 5.36. The van der Waals surface area contributed by atoms with Crippen molar-refractivity contribution >= 4 is 34.4 Å². The molecule has 3 aromatic heterocycles. The Labute approximate surface area is 187 Å². The third-order valence-corrected chi connectivity index (χ3v) is 7.32. The van der Waals surface area contributed by atoms with Gasteiger partial charge in [0.1, 0.15) is 10.8 Å². The molecule has 0 aliphatic rings. The van der Waals surface area contributed by atoms with Crippen molar-refractivity contribution < 1.29 is 9.47 Å². The smallest absolute Gasteiger partial charge is 0.191 e. The zero-order valence-corrected chi connectivity index (χ0v) is 19.4. The van der Waals surface area contributed by atoms with Crippen molar-refractivity contribution in [2.75, 3.05) is 13.7 Å². The van der Waals surface area contributed by atoms with Crippen molar-refractivity contribution in [1.82, 2.24) is 19.7 Å². The maximum Gasteiger partial charge on any atom is 0.191 e. The highest BCUT2D eigenvalue weighted by molar-refractivity contribution is 7.98. The van der Waals surface area contributed by atoms with Gasteiger partial charge in [0.25, 0.3) is 0 Å². The Balaban J connectivity index is 1.42. The molecule has 0 fully saturated rings. The quantitative estimate of drug-likeness (QED) is 0.318. The van der Waals surface area contributed by atoms with Crippen LogP contribution < -0.4 is 9.47 Å². The lowest BCUT2D eigenvalue weighted by Crippen LogP contribution is -1.99. The molecule has 6 nitrogen and oxygen atoms in total. The van der Waals surface area contributed by atoms with Crippen molar-refractivity contribution in [3.8, 4) is 22.1 Å². The summed E-state index contributed by atoms with van der Waals surface area (Å²) in [5.74, 6) is 3.19. The maximum atomic E-state index is 5.60. The van der Waals surface area contributed by atoms with Gasteiger partial charge in [-0.1, -0.05) is 17.8 Å². The molecule has 0 atom stereocenters. The van der Waals surface area contributed by atoms with Gasteiger partial charge in [-0.25, -0.2) is 4.98 Å². The van der Waals surface area contributed by atoms with Crippen molar-refractivity contribution in [3.63, 3.8) is 0 Å². The van der Waals surface area contributed by atoms with Gasteiger partial charge in [0.15, 0.2) is 16.7 Å². The topological polar surface area (TPSA) is 62.1 Å². The summed E-state index contributed by atoms with van der Waals surface area (Å²) in [6.07, 6.45) is 0.808. The number of thioether (sulfide) groups is 1. The SMILES string of the molecule is CCOc1ccc(-c2nc(CSc3nnc(Cc4cccs4)n3C)cs2)cc1OC. The molecule has 0 saturated carbocycles. The van der Waals surface area contributed by atoms with Crippen LogP contribution >= 0.6 is 34.4 Å². The molecule has 3 heterocycles. The van der Waals surface area contributed by atoms with E-state index in [0.717, 1.165) is 50.9 Å². The molecule has 0 amide bonds. The predicted molar refractivity (Wildman–Crippen MR) is 123 cm³/mol. The van der Waals surface area contributed by atoms with Gasteiger partial charge in [0.2, 0.25) is 0 Å². The predicted octanol–water partition coefficient (Wildman–Crippen LogP) is 5.29. The lowest BCUT2D eigenvalue weighted by Gasteiger charge is -2.09. The highest BCUT2D eigenvalue weighted by atomic mass is 32.2. The van der Waals surface area contributed by atoms with Gasteiger partial charge in [-0.3, -0.25) is 0 Å². The van der Waals surface area contributed by atoms with Crippen molar-refractivity contribution in [2.24, 2.45) is 7.05 Å². The number of aromatic nitrogens is 4. The minimum Gasteiger partial charge on any atom is -0.493 e. The fourth-order valence-electron chi connectivity index (χ4n) is 2.91. The van der Waals surface area contributed by atoms with Crippen LogP contribution in [0.3, 0.4) is 0 Å². The zero-order valence-electron chi connectivity index (χ0n) is 17.0. The summed E-state index contributed by atoms with van der Waals surface area (Å²) in [4.78, 5) is 6.08. The van der Waals surface area contributed by atoms with Gasteiger partial charge in [-0.05, 0) is 36.6 Å². The van der Waals surface area contributed by atoms with E-state index in [1.165, 1.54) is 4.88 Å². The number of methoxy groups -OCH3 is 1. The number of ether oxygens (including phenoxy) is 2. The van der Waals surface area contributed by atoms with E-state index >= 15 is 0 Å². The lowest BCUT2D eigenvalue weighted by molar-refractivity contribution is 0.311. The average molecular weight is 459 g/mol. The first-order valence-corrected chi connectivity index (χ1v) is 12.2. The monoisotopic (exact) mass is 458 g/mol. The van der Waals surface area contributed by atoms with E-state index in [1.807, 2.05) is 32.2 Å². The Morgan fingerprint density at radius 3 is 2.80 bits per heavy atom. The zero-order chi connectivity index (χ0) is 20.9. The molecular formula is C21H22N4O2S3. The largest absolute Gasteiger partial charge is 0.493 e. The van der Waals surface area contributed by atoms with Gasteiger partial charge >= 0.3 is 0 Å². The van der Waals surface area contributed by atoms with Crippen LogP contribution in [0.25, 0.3) is 10.6 Å². The molecular weight excluding hydrogens is 436 g/mol. The molecule has 0 bridgehead atoms. The summed E-state index contributed by atoms with van der Waals surface area (Å²) >= 11 is 5.02. The van der Waals surface area contributed by atoms with E-state index in [2.05, 4.69) is 37.7 Å². The first-order chi connectivity index (χ1) is 14.7. The molecule has 1 aromatic carbocycles. The number of rotatable bonds is 9. The molecule has 4 aromatic rings. The second kappa shape index (κ2) is 9.63. The summed E-state index contributed by atoms with van der Waals surface area (Å²) in [7, 11) is 3.67. The third kappa shape index (κ3) is 4.69. The van der Waals surface area contributed by atoms with E-state index in [9.17, 15) is 0 Å². The van der Waals surface area contributed by atoms with Crippen LogP contribution in [-0.2, 0) is 19.2 Å². The number of benzene rings is 1. The van der Waals surface area contributed by atoms with E-state index in [4.69, 9.17) is 14.5 Å². The van der Waals surface area contributed by atoms with Crippen LogP contribution in [0.4, 0.5) is 0 Å². The molecule has 0 N–H and O–H groups in total. The second-order valence-electron chi connectivity index (χ2n) is 6.45. The van der Waals surface area contributed by atoms with Gasteiger partial charge < -0.3 is 14.0 Å². The van der Waals surface area contributed by atoms with Crippen molar-refractivity contribution in [2.45, 2.75) is 24.3 Å². The molecule has 0 spiro atoms. The van der Waals surface area contributed by atoms with E-state index in [0.29, 0.717) is 6.61 Å². The number of thiophene rings is 1. The number of hydrogen-bond donors (Lipinski definition) is 0. The summed E-state index contributed by atoms with van der Waals surface area (Å²) in [5, 5.41) is 14.7. The minimum absolute atomic E-state index is 0.603. The van der Waals surface area contributed by atoms with Crippen LogP contribution in [0.1, 0.15) is 23.3 Å². The van der Waals surface area contributed by atoms with Gasteiger partial charge in [-0.15, -0.1) is 32.9 Å². The van der Waals surface area contributed by atoms with E-state index in [1.54, 1.807) is 41.5 Å². The molecule has 0 saturated heterocycles. The average Bonchev–Trinajstić information content (AvgIpc) is 3.51. The van der Waals surface area contributed by atoms with E-state index < -0.39 is 0 Å².